The summed E-state index contributed by atoms with van der Waals surface area (Å²) in [6.07, 6.45) is 5.80. The van der Waals surface area contributed by atoms with Gasteiger partial charge in [0.05, 0.1) is 25.5 Å². The number of nitrogens with zero attached hydrogens (tertiary/aromatic N) is 3. The molecule has 2 aromatic rings. The van der Waals surface area contributed by atoms with Gasteiger partial charge < -0.3 is 10.1 Å². The van der Waals surface area contributed by atoms with Gasteiger partial charge in [-0.05, 0) is 24.1 Å². The molecule has 0 bridgehead atoms. The van der Waals surface area contributed by atoms with Gasteiger partial charge in [-0.15, -0.1) is 0 Å². The summed E-state index contributed by atoms with van der Waals surface area (Å²) in [4.78, 5) is 16.0. The SMILES string of the molecule is O=C(N[C@H]1COC[C@H]1Cc1ccncc1)c1cn[nH]n1. The second-order valence-corrected chi connectivity index (χ2v) is 4.79. The van der Waals surface area contributed by atoms with E-state index in [4.69, 9.17) is 4.74 Å². The third kappa shape index (κ3) is 2.83. The molecule has 7 nitrogen and oxygen atoms in total. The number of aromatic amines is 1. The molecule has 1 saturated heterocycles. The zero-order valence-corrected chi connectivity index (χ0v) is 10.8. The maximum atomic E-state index is 12.0. The van der Waals surface area contributed by atoms with Crippen molar-refractivity contribution in [3.8, 4) is 0 Å². The molecule has 1 aliphatic heterocycles. The Hall–Kier alpha value is -2.28. The Balaban J connectivity index is 1.62. The normalized spacial score (nSPS) is 21.8. The average Bonchev–Trinajstić information content (AvgIpc) is 3.12. The van der Waals surface area contributed by atoms with Crippen molar-refractivity contribution in [1.82, 2.24) is 25.7 Å². The molecule has 2 aromatic heterocycles. The molecular weight excluding hydrogens is 258 g/mol. The smallest absolute Gasteiger partial charge is 0.273 e. The van der Waals surface area contributed by atoms with Gasteiger partial charge in [-0.1, -0.05) is 0 Å². The van der Waals surface area contributed by atoms with Gasteiger partial charge in [0.25, 0.3) is 5.91 Å². The summed E-state index contributed by atoms with van der Waals surface area (Å²) in [7, 11) is 0. The fourth-order valence-electron chi connectivity index (χ4n) is 2.33. The monoisotopic (exact) mass is 273 g/mol. The number of pyridine rings is 1. The molecule has 1 amide bonds. The van der Waals surface area contributed by atoms with Crippen LogP contribution in [0.5, 0.6) is 0 Å². The number of carbonyl (C=O) groups is 1. The number of H-pyrrole nitrogens is 1. The van der Waals surface area contributed by atoms with Gasteiger partial charge in [-0.3, -0.25) is 9.78 Å². The lowest BCUT2D eigenvalue weighted by molar-refractivity contribution is 0.0920. The second kappa shape index (κ2) is 5.79. The Morgan fingerprint density at radius 3 is 3.00 bits per heavy atom. The van der Waals surface area contributed by atoms with Gasteiger partial charge in [0.1, 0.15) is 0 Å². The average molecular weight is 273 g/mol. The standard InChI is InChI=1S/C13H15N5O2/c19-13(11-6-15-18-17-11)16-12-8-20-7-10(12)5-9-1-3-14-4-2-9/h1-4,6,10,12H,5,7-8H2,(H,16,19)(H,15,17,18)/t10-,12+/m1/s1. The summed E-state index contributed by atoms with van der Waals surface area (Å²) in [6, 6.07) is 3.95. The van der Waals surface area contributed by atoms with Gasteiger partial charge in [-0.25, -0.2) is 0 Å². The van der Waals surface area contributed by atoms with Crippen molar-refractivity contribution in [1.29, 1.82) is 0 Å². The molecule has 104 valence electrons. The lowest BCUT2D eigenvalue weighted by atomic mass is 9.95. The van der Waals surface area contributed by atoms with E-state index in [1.807, 2.05) is 12.1 Å². The number of hydrogen-bond donors (Lipinski definition) is 2. The molecule has 0 unspecified atom stereocenters. The predicted molar refractivity (Wildman–Crippen MR) is 69.9 cm³/mol. The first-order valence-corrected chi connectivity index (χ1v) is 6.46. The Morgan fingerprint density at radius 1 is 1.40 bits per heavy atom. The molecule has 1 aliphatic rings. The van der Waals surface area contributed by atoms with Crippen molar-refractivity contribution in [3.63, 3.8) is 0 Å². The van der Waals surface area contributed by atoms with Crippen molar-refractivity contribution in [2.75, 3.05) is 13.2 Å². The zero-order valence-electron chi connectivity index (χ0n) is 10.8. The number of carbonyl (C=O) groups excluding carboxylic acids is 1. The van der Waals surface area contributed by atoms with Crippen molar-refractivity contribution in [3.05, 3.63) is 42.0 Å². The quantitative estimate of drug-likeness (QED) is 0.829. The maximum absolute atomic E-state index is 12.0. The number of aromatic nitrogens is 4. The summed E-state index contributed by atoms with van der Waals surface area (Å²) in [6.45, 7) is 1.17. The number of amides is 1. The van der Waals surface area contributed by atoms with Crippen molar-refractivity contribution in [2.45, 2.75) is 12.5 Å². The molecule has 2 N–H and O–H groups in total. The van der Waals surface area contributed by atoms with E-state index in [-0.39, 0.29) is 17.9 Å². The lowest BCUT2D eigenvalue weighted by Crippen LogP contribution is -2.40. The van der Waals surface area contributed by atoms with Gasteiger partial charge in [0, 0.05) is 18.3 Å². The highest BCUT2D eigenvalue weighted by atomic mass is 16.5. The summed E-state index contributed by atoms with van der Waals surface area (Å²) in [5, 5.41) is 12.8. The predicted octanol–water partition coefficient (Wildman–Crippen LogP) is 0.187. The highest BCUT2D eigenvalue weighted by Crippen LogP contribution is 2.19. The maximum Gasteiger partial charge on any atom is 0.273 e. The van der Waals surface area contributed by atoms with Crippen LogP contribution < -0.4 is 5.32 Å². The number of rotatable bonds is 4. The topological polar surface area (TPSA) is 92.8 Å². The summed E-state index contributed by atoms with van der Waals surface area (Å²) in [5.74, 6) is 0.0298. The highest BCUT2D eigenvalue weighted by molar-refractivity contribution is 5.92. The van der Waals surface area contributed by atoms with E-state index < -0.39 is 0 Å². The molecule has 7 heteroatoms. The molecular formula is C13H15N5O2. The van der Waals surface area contributed by atoms with Gasteiger partial charge in [0.15, 0.2) is 5.69 Å². The summed E-state index contributed by atoms with van der Waals surface area (Å²) >= 11 is 0. The Kier molecular flexibility index (Phi) is 3.69. The van der Waals surface area contributed by atoms with Crippen LogP contribution in [0, 0.1) is 5.92 Å². The van der Waals surface area contributed by atoms with Crippen LogP contribution in [0.4, 0.5) is 0 Å². The number of ether oxygens (including phenoxy) is 1. The molecule has 0 saturated carbocycles. The molecule has 0 radical (unpaired) electrons. The largest absolute Gasteiger partial charge is 0.379 e. The lowest BCUT2D eigenvalue weighted by Gasteiger charge is -2.18. The van der Waals surface area contributed by atoms with E-state index in [1.165, 1.54) is 11.8 Å². The second-order valence-electron chi connectivity index (χ2n) is 4.79. The first-order valence-electron chi connectivity index (χ1n) is 6.46. The van der Waals surface area contributed by atoms with Crippen molar-refractivity contribution >= 4 is 5.91 Å². The first kappa shape index (κ1) is 12.7. The molecule has 3 rings (SSSR count). The van der Waals surface area contributed by atoms with E-state index >= 15 is 0 Å². The Labute approximate surface area is 115 Å². The first-order chi connectivity index (χ1) is 9.83. The van der Waals surface area contributed by atoms with E-state index in [0.29, 0.717) is 18.9 Å². The molecule has 0 aliphatic carbocycles. The highest BCUT2D eigenvalue weighted by Gasteiger charge is 2.30. The van der Waals surface area contributed by atoms with Gasteiger partial charge in [0.2, 0.25) is 0 Å². The summed E-state index contributed by atoms with van der Waals surface area (Å²) < 4.78 is 5.49. The molecule has 2 atom stereocenters. The molecule has 1 fully saturated rings. The van der Waals surface area contributed by atoms with Gasteiger partial charge in [-0.2, -0.15) is 15.4 Å². The Morgan fingerprint density at radius 2 is 2.25 bits per heavy atom. The minimum atomic E-state index is -0.228. The zero-order chi connectivity index (χ0) is 13.8. The minimum absolute atomic E-state index is 0.00707. The fraction of sp³-hybridized carbons (Fsp3) is 0.385. The third-order valence-corrected chi connectivity index (χ3v) is 3.41. The van der Waals surface area contributed by atoms with Crippen LogP contribution in [0.2, 0.25) is 0 Å². The van der Waals surface area contributed by atoms with Crippen LogP contribution in [0.25, 0.3) is 0 Å². The van der Waals surface area contributed by atoms with Gasteiger partial charge >= 0.3 is 0 Å². The van der Waals surface area contributed by atoms with E-state index in [0.717, 1.165) is 6.42 Å². The Bertz CT molecular complexity index is 557. The molecule has 20 heavy (non-hydrogen) atoms. The van der Waals surface area contributed by atoms with Crippen LogP contribution in [-0.4, -0.2) is 45.6 Å². The minimum Gasteiger partial charge on any atom is -0.379 e. The molecule has 3 heterocycles. The number of hydrogen-bond acceptors (Lipinski definition) is 5. The number of nitrogens with one attached hydrogen (secondary N) is 2. The summed E-state index contributed by atoms with van der Waals surface area (Å²) in [5.41, 5.74) is 1.48. The van der Waals surface area contributed by atoms with Crippen LogP contribution >= 0.6 is 0 Å². The van der Waals surface area contributed by atoms with E-state index in [9.17, 15) is 4.79 Å². The van der Waals surface area contributed by atoms with Crippen LogP contribution in [0.1, 0.15) is 16.1 Å². The fourth-order valence-corrected chi connectivity index (χ4v) is 2.33. The van der Waals surface area contributed by atoms with Crippen molar-refractivity contribution < 1.29 is 9.53 Å². The van der Waals surface area contributed by atoms with Crippen molar-refractivity contribution in [2.24, 2.45) is 5.92 Å². The molecule has 0 aromatic carbocycles. The van der Waals surface area contributed by atoms with Crippen LogP contribution in [-0.2, 0) is 11.2 Å². The van der Waals surface area contributed by atoms with E-state index in [2.05, 4.69) is 25.7 Å². The van der Waals surface area contributed by atoms with E-state index in [1.54, 1.807) is 12.4 Å². The molecule has 0 spiro atoms. The third-order valence-electron chi connectivity index (χ3n) is 3.41. The van der Waals surface area contributed by atoms with Crippen LogP contribution in [0.3, 0.4) is 0 Å². The van der Waals surface area contributed by atoms with Crippen LogP contribution in [0.15, 0.2) is 30.7 Å².